The van der Waals surface area contributed by atoms with Crippen molar-refractivity contribution in [3.05, 3.63) is 107 Å². The number of allylic oxidation sites excluding steroid dienone is 1. The summed E-state index contributed by atoms with van der Waals surface area (Å²) in [6.45, 7) is -0.214. The van der Waals surface area contributed by atoms with Gasteiger partial charge in [0.25, 0.3) is 11.8 Å². The predicted molar refractivity (Wildman–Crippen MR) is 143 cm³/mol. The third-order valence-electron chi connectivity index (χ3n) is 6.34. The van der Waals surface area contributed by atoms with Crippen LogP contribution < -0.4 is 10.6 Å². The number of carbonyl (C=O) groups is 3. The molecule has 3 aromatic carbocycles. The molecule has 7 nitrogen and oxygen atoms in total. The molecule has 1 aliphatic carbocycles. The van der Waals surface area contributed by atoms with E-state index in [1.807, 2.05) is 42.5 Å². The van der Waals surface area contributed by atoms with E-state index >= 15 is 0 Å². The minimum Gasteiger partial charge on any atom is -0.468 e. The Kier molecular flexibility index (Phi) is 6.76. The summed E-state index contributed by atoms with van der Waals surface area (Å²) in [5, 5.41) is 6.27. The fourth-order valence-corrected chi connectivity index (χ4v) is 4.51. The van der Waals surface area contributed by atoms with E-state index in [1.54, 1.807) is 24.3 Å². The third kappa shape index (κ3) is 5.11. The lowest BCUT2D eigenvalue weighted by molar-refractivity contribution is -0.139. The summed E-state index contributed by atoms with van der Waals surface area (Å²) < 4.78 is 4.53. The molecule has 0 fully saturated rings. The number of fused-ring (bicyclic) bond motifs is 2. The molecule has 5 rings (SSSR count). The highest BCUT2D eigenvalue weighted by Gasteiger charge is 2.27. The smallest absolute Gasteiger partial charge is 0.325 e. The van der Waals surface area contributed by atoms with Gasteiger partial charge in [0, 0.05) is 16.6 Å². The molecule has 0 bridgehead atoms. The number of hydrogen-bond acceptors (Lipinski definition) is 5. The summed E-state index contributed by atoms with van der Waals surface area (Å²) in [6.07, 6.45) is 3.68. The summed E-state index contributed by atoms with van der Waals surface area (Å²) >= 11 is 0. The van der Waals surface area contributed by atoms with Gasteiger partial charge in [-0.2, -0.15) is 0 Å². The number of rotatable bonds is 6. The van der Waals surface area contributed by atoms with Crippen molar-refractivity contribution < 1.29 is 19.1 Å². The number of pyridine rings is 1. The SMILES string of the molecule is COC(=O)CNC(=O)c1ccc(NC(=O)c2c3c(nc4ccccc24)/C(=C/c2ccccc2)CC3)cc1. The molecule has 0 unspecified atom stereocenters. The van der Waals surface area contributed by atoms with Crippen LogP contribution in [0.4, 0.5) is 5.69 Å². The first-order valence-corrected chi connectivity index (χ1v) is 12.0. The van der Waals surface area contributed by atoms with E-state index in [1.165, 1.54) is 7.11 Å². The first kappa shape index (κ1) is 23.9. The summed E-state index contributed by atoms with van der Waals surface area (Å²) in [5.41, 5.74) is 6.34. The molecule has 0 saturated carbocycles. The van der Waals surface area contributed by atoms with Crippen LogP contribution in [0.3, 0.4) is 0 Å². The van der Waals surface area contributed by atoms with Gasteiger partial charge in [0.2, 0.25) is 0 Å². The lowest BCUT2D eigenvalue weighted by atomic mass is 9.99. The van der Waals surface area contributed by atoms with Crippen LogP contribution in [0.2, 0.25) is 0 Å². The Bertz CT molecular complexity index is 1530. The maximum Gasteiger partial charge on any atom is 0.325 e. The number of hydrogen-bond donors (Lipinski definition) is 2. The maximum absolute atomic E-state index is 13.6. The van der Waals surface area contributed by atoms with Crippen LogP contribution >= 0.6 is 0 Å². The van der Waals surface area contributed by atoms with E-state index in [0.29, 0.717) is 16.8 Å². The summed E-state index contributed by atoms with van der Waals surface area (Å²) in [7, 11) is 1.26. The zero-order chi connectivity index (χ0) is 25.8. The van der Waals surface area contributed by atoms with E-state index in [4.69, 9.17) is 4.98 Å². The number of ether oxygens (including phenoxy) is 1. The second-order valence-electron chi connectivity index (χ2n) is 8.70. The van der Waals surface area contributed by atoms with Gasteiger partial charge in [-0.3, -0.25) is 14.4 Å². The summed E-state index contributed by atoms with van der Waals surface area (Å²) in [4.78, 5) is 42.0. The monoisotopic (exact) mass is 491 g/mol. The summed E-state index contributed by atoms with van der Waals surface area (Å²) in [5.74, 6) is -1.16. The van der Waals surface area contributed by atoms with Crippen molar-refractivity contribution >= 4 is 46.0 Å². The van der Waals surface area contributed by atoms with Crippen molar-refractivity contribution in [3.63, 3.8) is 0 Å². The Balaban J connectivity index is 1.43. The van der Waals surface area contributed by atoms with Gasteiger partial charge in [-0.15, -0.1) is 0 Å². The number of aromatic nitrogens is 1. The molecule has 37 heavy (non-hydrogen) atoms. The molecule has 0 radical (unpaired) electrons. The number of para-hydroxylation sites is 1. The van der Waals surface area contributed by atoms with Crippen LogP contribution in [0, 0.1) is 0 Å². The molecule has 2 amide bonds. The standard InChI is InChI=1S/C30H25N3O4/c1-37-26(34)18-31-29(35)20-11-14-22(15-12-20)32-30(36)27-23-9-5-6-10-25(23)33-28-21(13-16-24(27)28)17-19-7-3-2-4-8-19/h2-12,14-15,17H,13,16,18H2,1H3,(H,31,35)(H,32,36)/b21-17+. The van der Waals surface area contributed by atoms with Crippen molar-refractivity contribution in [2.24, 2.45) is 0 Å². The first-order chi connectivity index (χ1) is 18.0. The molecule has 184 valence electrons. The van der Waals surface area contributed by atoms with Gasteiger partial charge in [-0.1, -0.05) is 48.5 Å². The van der Waals surface area contributed by atoms with Crippen LogP contribution in [0.5, 0.6) is 0 Å². The van der Waals surface area contributed by atoms with E-state index in [2.05, 4.69) is 33.6 Å². The highest BCUT2D eigenvalue weighted by Crippen LogP contribution is 2.37. The average molecular weight is 492 g/mol. The molecule has 1 aromatic heterocycles. The Morgan fingerprint density at radius 2 is 1.62 bits per heavy atom. The van der Waals surface area contributed by atoms with Gasteiger partial charge in [0.15, 0.2) is 0 Å². The van der Waals surface area contributed by atoms with Crippen molar-refractivity contribution in [2.75, 3.05) is 19.0 Å². The van der Waals surface area contributed by atoms with Gasteiger partial charge >= 0.3 is 5.97 Å². The number of esters is 1. The highest BCUT2D eigenvalue weighted by atomic mass is 16.5. The third-order valence-corrected chi connectivity index (χ3v) is 6.34. The lowest BCUT2D eigenvalue weighted by Crippen LogP contribution is -2.30. The number of nitrogens with zero attached hydrogens (tertiary/aromatic N) is 1. The van der Waals surface area contributed by atoms with E-state index in [0.717, 1.165) is 46.1 Å². The Morgan fingerprint density at radius 1 is 0.892 bits per heavy atom. The van der Waals surface area contributed by atoms with Crippen LogP contribution in [0.25, 0.3) is 22.6 Å². The number of anilines is 1. The molecule has 1 heterocycles. The molecule has 0 atom stereocenters. The molecular weight excluding hydrogens is 466 g/mol. The number of carbonyl (C=O) groups excluding carboxylic acids is 3. The van der Waals surface area contributed by atoms with Crippen LogP contribution in [-0.4, -0.2) is 36.4 Å². The number of nitrogens with one attached hydrogen (secondary N) is 2. The van der Waals surface area contributed by atoms with Crippen LogP contribution in [0.15, 0.2) is 78.9 Å². The minimum absolute atomic E-state index is 0.214. The zero-order valence-electron chi connectivity index (χ0n) is 20.3. The second kappa shape index (κ2) is 10.5. The van der Waals surface area contributed by atoms with Gasteiger partial charge in [0.1, 0.15) is 6.54 Å². The Labute approximate surface area is 214 Å². The van der Waals surface area contributed by atoms with Gasteiger partial charge in [-0.05, 0) is 65.9 Å². The lowest BCUT2D eigenvalue weighted by Gasteiger charge is -2.13. The second-order valence-corrected chi connectivity index (χ2v) is 8.70. The van der Waals surface area contributed by atoms with E-state index in [9.17, 15) is 14.4 Å². The molecule has 0 aliphatic heterocycles. The quantitative estimate of drug-likeness (QED) is 0.375. The Morgan fingerprint density at radius 3 is 2.38 bits per heavy atom. The van der Waals surface area contributed by atoms with Crippen molar-refractivity contribution in [1.82, 2.24) is 10.3 Å². The van der Waals surface area contributed by atoms with Crippen LogP contribution in [-0.2, 0) is 16.0 Å². The Hall–Kier alpha value is -4.78. The number of benzene rings is 3. The zero-order valence-corrected chi connectivity index (χ0v) is 20.3. The van der Waals surface area contributed by atoms with Crippen molar-refractivity contribution in [2.45, 2.75) is 12.8 Å². The predicted octanol–water partition coefficient (Wildman–Crippen LogP) is 4.88. The topological polar surface area (TPSA) is 97.4 Å². The van der Waals surface area contributed by atoms with Gasteiger partial charge in [0.05, 0.1) is 23.9 Å². The molecule has 1 aliphatic rings. The molecule has 0 saturated heterocycles. The highest BCUT2D eigenvalue weighted by molar-refractivity contribution is 6.15. The summed E-state index contributed by atoms with van der Waals surface area (Å²) in [6, 6.07) is 24.3. The van der Waals surface area contributed by atoms with E-state index in [-0.39, 0.29) is 12.5 Å². The fraction of sp³-hybridized carbons (Fsp3) is 0.133. The maximum atomic E-state index is 13.6. The molecular formula is C30H25N3O4. The van der Waals surface area contributed by atoms with Crippen molar-refractivity contribution in [1.29, 1.82) is 0 Å². The van der Waals surface area contributed by atoms with Gasteiger partial charge < -0.3 is 15.4 Å². The van der Waals surface area contributed by atoms with Gasteiger partial charge in [-0.25, -0.2) is 4.98 Å². The number of amides is 2. The molecule has 4 aromatic rings. The molecule has 0 spiro atoms. The largest absolute Gasteiger partial charge is 0.468 e. The molecule has 2 N–H and O–H groups in total. The average Bonchev–Trinajstić information content (AvgIpc) is 3.32. The first-order valence-electron chi connectivity index (χ1n) is 12.0. The van der Waals surface area contributed by atoms with Crippen molar-refractivity contribution in [3.8, 4) is 0 Å². The van der Waals surface area contributed by atoms with E-state index < -0.39 is 11.9 Å². The number of methoxy groups -OCH3 is 1. The normalized spacial score (nSPS) is 13.3. The van der Waals surface area contributed by atoms with Crippen LogP contribution in [0.1, 0.15) is 44.0 Å². The fourth-order valence-electron chi connectivity index (χ4n) is 4.51. The molecule has 7 heteroatoms. The minimum atomic E-state index is -0.531.